The average Bonchev–Trinajstić information content (AvgIpc) is 1.89. The van der Waals surface area contributed by atoms with E-state index in [2.05, 4.69) is 9.47 Å². The minimum atomic E-state index is -0.927. The van der Waals surface area contributed by atoms with Gasteiger partial charge >= 0.3 is 11.9 Å². The van der Waals surface area contributed by atoms with Gasteiger partial charge in [-0.05, 0) is 13.8 Å². The van der Waals surface area contributed by atoms with E-state index >= 15 is 0 Å². The third-order valence-electron chi connectivity index (χ3n) is 0.718. The molecule has 0 unspecified atom stereocenters. The molecule has 0 rings (SSSR count). The zero-order valence-corrected chi connectivity index (χ0v) is 9.05. The second kappa shape index (κ2) is 8.04. The molecule has 59 valence electrons. The monoisotopic (exact) mass is 169 g/mol. The van der Waals surface area contributed by atoms with Crippen molar-refractivity contribution in [2.24, 2.45) is 0 Å². The Morgan fingerprint density at radius 3 is 1.45 bits per heavy atom. The fourth-order valence-corrected chi connectivity index (χ4v) is 0.380. The number of rotatable bonds is 2. The summed E-state index contributed by atoms with van der Waals surface area (Å²) in [7, 11) is 0. The summed E-state index contributed by atoms with van der Waals surface area (Å²) in [6.45, 7) is 3.63. The van der Waals surface area contributed by atoms with Crippen molar-refractivity contribution in [3.63, 3.8) is 0 Å². The van der Waals surface area contributed by atoms with Crippen molar-refractivity contribution in [1.29, 1.82) is 0 Å². The molecule has 0 amide bonds. The maximum absolute atomic E-state index is 10.4. The van der Waals surface area contributed by atoms with Crippen LogP contribution in [-0.4, -0.2) is 54.7 Å². The first-order valence-electron chi connectivity index (χ1n) is 3.06. The molecule has 0 aliphatic heterocycles. The Balaban J connectivity index is 0. The van der Waals surface area contributed by atoms with E-state index in [0.717, 1.165) is 0 Å². The molecular weight excluding hydrogens is 159 g/mol. The van der Waals surface area contributed by atoms with Gasteiger partial charge in [-0.25, -0.2) is 9.59 Å². The van der Waals surface area contributed by atoms with E-state index in [9.17, 15) is 9.59 Å². The van der Waals surface area contributed by atoms with E-state index < -0.39 is 11.9 Å². The summed E-state index contributed by atoms with van der Waals surface area (Å²) in [5.74, 6) is -1.85. The molecule has 0 atom stereocenters. The summed E-state index contributed by atoms with van der Waals surface area (Å²) >= 11 is 0. The summed E-state index contributed by atoms with van der Waals surface area (Å²) in [5, 5.41) is 0. The first-order chi connectivity index (χ1) is 4.72. The number of carbonyl (C=O) groups is 2. The molecule has 11 heavy (non-hydrogen) atoms. The summed E-state index contributed by atoms with van der Waals surface area (Å²) in [6, 6.07) is 0. The van der Waals surface area contributed by atoms with Crippen LogP contribution in [0.1, 0.15) is 13.8 Å². The molecular formula is C6H10NaO4. The quantitative estimate of drug-likeness (QED) is 0.324. The number of esters is 2. The van der Waals surface area contributed by atoms with Crippen LogP contribution < -0.4 is 0 Å². The molecule has 0 fully saturated rings. The number of hydrogen-bond donors (Lipinski definition) is 0. The summed E-state index contributed by atoms with van der Waals surface area (Å²) in [5.41, 5.74) is 0. The van der Waals surface area contributed by atoms with Crippen LogP contribution in [0.25, 0.3) is 0 Å². The summed E-state index contributed by atoms with van der Waals surface area (Å²) in [6.07, 6.45) is 0. The second-order valence-corrected chi connectivity index (χ2v) is 1.44. The normalized spacial score (nSPS) is 7.82. The molecule has 4 nitrogen and oxygen atoms in total. The Labute approximate surface area is 87.5 Å². The van der Waals surface area contributed by atoms with Crippen LogP contribution in [0.5, 0.6) is 0 Å². The molecule has 0 aliphatic rings. The Kier molecular flexibility index (Phi) is 9.89. The van der Waals surface area contributed by atoms with E-state index in [1.54, 1.807) is 13.8 Å². The van der Waals surface area contributed by atoms with E-state index in [0.29, 0.717) is 0 Å². The number of hydrogen-bond acceptors (Lipinski definition) is 4. The largest absolute Gasteiger partial charge is 0.458 e. The van der Waals surface area contributed by atoms with Gasteiger partial charge in [0.2, 0.25) is 0 Å². The third kappa shape index (κ3) is 6.34. The van der Waals surface area contributed by atoms with Crippen LogP contribution >= 0.6 is 0 Å². The van der Waals surface area contributed by atoms with Crippen LogP contribution in [0, 0.1) is 0 Å². The van der Waals surface area contributed by atoms with Crippen molar-refractivity contribution in [2.45, 2.75) is 13.8 Å². The van der Waals surface area contributed by atoms with Gasteiger partial charge in [-0.1, -0.05) is 0 Å². The zero-order valence-electron chi connectivity index (χ0n) is 7.05. The van der Waals surface area contributed by atoms with Crippen molar-refractivity contribution in [3.8, 4) is 0 Å². The molecule has 0 N–H and O–H groups in total. The molecule has 0 aromatic carbocycles. The standard InChI is InChI=1S/C6H10O4.Na/c1-3-9-5(7)6(8)10-4-2;/h3-4H2,1-2H3;. The summed E-state index contributed by atoms with van der Waals surface area (Å²) < 4.78 is 8.69. The van der Waals surface area contributed by atoms with E-state index in [4.69, 9.17) is 0 Å². The third-order valence-corrected chi connectivity index (χ3v) is 0.718. The first kappa shape index (κ1) is 13.5. The van der Waals surface area contributed by atoms with Crippen LogP contribution in [0.4, 0.5) is 0 Å². The maximum atomic E-state index is 10.4. The number of carbonyl (C=O) groups excluding carboxylic acids is 2. The van der Waals surface area contributed by atoms with Gasteiger partial charge in [-0.3, -0.25) is 0 Å². The van der Waals surface area contributed by atoms with Crippen molar-refractivity contribution >= 4 is 41.5 Å². The topological polar surface area (TPSA) is 52.6 Å². The summed E-state index contributed by atoms with van der Waals surface area (Å²) in [4.78, 5) is 20.9. The van der Waals surface area contributed by atoms with E-state index in [-0.39, 0.29) is 42.8 Å². The van der Waals surface area contributed by atoms with Crippen LogP contribution in [-0.2, 0) is 19.1 Å². The van der Waals surface area contributed by atoms with Crippen molar-refractivity contribution in [1.82, 2.24) is 0 Å². The Morgan fingerprint density at radius 2 is 1.27 bits per heavy atom. The Bertz CT molecular complexity index is 119. The minimum Gasteiger partial charge on any atom is -0.458 e. The minimum absolute atomic E-state index is 0. The first-order valence-corrected chi connectivity index (χ1v) is 3.06. The van der Waals surface area contributed by atoms with Gasteiger partial charge in [0.1, 0.15) is 0 Å². The van der Waals surface area contributed by atoms with Gasteiger partial charge in [0.25, 0.3) is 0 Å². The molecule has 5 heteroatoms. The van der Waals surface area contributed by atoms with E-state index in [1.165, 1.54) is 0 Å². The molecule has 0 saturated heterocycles. The molecule has 0 saturated carbocycles. The SMILES string of the molecule is CCOC(=O)C(=O)OCC.[Na]. The van der Waals surface area contributed by atoms with Crippen LogP contribution in [0.3, 0.4) is 0 Å². The van der Waals surface area contributed by atoms with Crippen LogP contribution in [0.2, 0.25) is 0 Å². The van der Waals surface area contributed by atoms with Crippen molar-refractivity contribution < 1.29 is 19.1 Å². The smallest absolute Gasteiger partial charge is 0.417 e. The van der Waals surface area contributed by atoms with Gasteiger partial charge in [-0.15, -0.1) is 0 Å². The molecule has 0 spiro atoms. The molecule has 0 heterocycles. The zero-order chi connectivity index (χ0) is 7.98. The molecule has 0 aromatic rings. The van der Waals surface area contributed by atoms with Gasteiger partial charge in [-0.2, -0.15) is 0 Å². The predicted octanol–water partition coefficient (Wildman–Crippen LogP) is -0.268. The van der Waals surface area contributed by atoms with Crippen molar-refractivity contribution in [3.05, 3.63) is 0 Å². The maximum Gasteiger partial charge on any atom is 0.417 e. The fraction of sp³-hybridized carbons (Fsp3) is 0.667. The molecule has 0 aromatic heterocycles. The fourth-order valence-electron chi connectivity index (χ4n) is 0.380. The predicted molar refractivity (Wildman–Crippen MR) is 39.0 cm³/mol. The molecule has 0 bridgehead atoms. The Hall–Kier alpha value is -0.0600. The second-order valence-electron chi connectivity index (χ2n) is 1.44. The van der Waals surface area contributed by atoms with Gasteiger partial charge in [0, 0.05) is 29.6 Å². The molecule has 0 aliphatic carbocycles. The molecule has 1 radical (unpaired) electrons. The average molecular weight is 169 g/mol. The van der Waals surface area contributed by atoms with Gasteiger partial charge in [0.15, 0.2) is 0 Å². The van der Waals surface area contributed by atoms with E-state index in [1.807, 2.05) is 0 Å². The van der Waals surface area contributed by atoms with Crippen molar-refractivity contribution in [2.75, 3.05) is 13.2 Å². The van der Waals surface area contributed by atoms with Gasteiger partial charge in [0.05, 0.1) is 13.2 Å². The Morgan fingerprint density at radius 1 is 1.00 bits per heavy atom. The van der Waals surface area contributed by atoms with Gasteiger partial charge < -0.3 is 9.47 Å². The van der Waals surface area contributed by atoms with Crippen LogP contribution in [0.15, 0.2) is 0 Å². The number of ether oxygens (including phenoxy) is 2.